The highest BCUT2D eigenvalue weighted by Crippen LogP contribution is 2.35. The van der Waals surface area contributed by atoms with Crippen LogP contribution in [-0.4, -0.2) is 35.1 Å². The van der Waals surface area contributed by atoms with Crippen molar-refractivity contribution in [3.63, 3.8) is 0 Å². The molecule has 166 valence electrons. The number of carbonyl (C=O) groups is 1. The van der Waals surface area contributed by atoms with Crippen molar-refractivity contribution in [2.75, 3.05) is 14.2 Å². The lowest BCUT2D eigenvalue weighted by molar-refractivity contribution is -0.137. The first-order valence-corrected chi connectivity index (χ1v) is 8.96. The van der Waals surface area contributed by atoms with Crippen LogP contribution in [0.4, 0.5) is 13.2 Å². The molecule has 8 nitrogen and oxygen atoms in total. The lowest BCUT2D eigenvalue weighted by Crippen LogP contribution is -2.17. The van der Waals surface area contributed by atoms with Crippen molar-refractivity contribution in [2.45, 2.75) is 6.18 Å². The average molecular weight is 447 g/mol. The summed E-state index contributed by atoms with van der Waals surface area (Å²) in [5.41, 5.74) is -2.76. The summed E-state index contributed by atoms with van der Waals surface area (Å²) >= 11 is 0. The Kier molecular flexibility index (Phi) is 6.57. The molecule has 0 unspecified atom stereocenters. The van der Waals surface area contributed by atoms with E-state index in [1.807, 2.05) is 0 Å². The molecule has 3 aromatic rings. The largest absolute Gasteiger partial charge is 0.503 e. The Labute approximate surface area is 179 Å². The van der Waals surface area contributed by atoms with Gasteiger partial charge in [-0.3, -0.25) is 4.79 Å². The first-order chi connectivity index (χ1) is 15.3. The third-order valence-corrected chi connectivity index (χ3v) is 4.20. The number of aromatic amines is 1. The maximum absolute atomic E-state index is 13.4. The number of hydrogen-bond donors (Lipinski definition) is 1. The minimum Gasteiger partial charge on any atom is -0.503 e. The van der Waals surface area contributed by atoms with Gasteiger partial charge in [-0.1, -0.05) is 18.2 Å². The summed E-state index contributed by atoms with van der Waals surface area (Å²) in [7, 11) is 2.54. The van der Waals surface area contributed by atoms with Crippen LogP contribution in [0.5, 0.6) is 11.6 Å². The Hall–Kier alpha value is -4.15. The number of methoxy groups -OCH3 is 2. The SMILES string of the molecule is CO/C=C(/C(=O)OC)c1ccccc1Oc1cc(-c2c(C(F)(F)F)cc[nH]c2=O)ncn1. The number of aromatic nitrogens is 3. The molecule has 0 aliphatic rings. The molecule has 11 heteroatoms. The highest BCUT2D eigenvalue weighted by molar-refractivity contribution is 6.17. The van der Waals surface area contributed by atoms with Crippen LogP contribution < -0.4 is 10.3 Å². The van der Waals surface area contributed by atoms with Crippen LogP contribution in [0.1, 0.15) is 11.1 Å². The van der Waals surface area contributed by atoms with Crippen molar-refractivity contribution in [1.82, 2.24) is 15.0 Å². The van der Waals surface area contributed by atoms with Gasteiger partial charge in [0.2, 0.25) is 5.88 Å². The number of carbonyl (C=O) groups excluding carboxylic acids is 1. The molecule has 0 amide bonds. The van der Waals surface area contributed by atoms with Crippen LogP contribution in [-0.2, 0) is 20.4 Å². The van der Waals surface area contributed by atoms with Crippen LogP contribution in [0, 0.1) is 0 Å². The summed E-state index contributed by atoms with van der Waals surface area (Å²) in [6.07, 6.45) is -1.74. The van der Waals surface area contributed by atoms with Gasteiger partial charge < -0.3 is 19.2 Å². The minimum absolute atomic E-state index is 0.0405. The molecule has 1 N–H and O–H groups in total. The fourth-order valence-corrected chi connectivity index (χ4v) is 2.84. The van der Waals surface area contributed by atoms with Gasteiger partial charge in [0.1, 0.15) is 17.6 Å². The molecular formula is C21H16F3N3O5. The van der Waals surface area contributed by atoms with Crippen molar-refractivity contribution < 1.29 is 32.2 Å². The number of nitrogens with zero attached hydrogens (tertiary/aromatic N) is 2. The zero-order chi connectivity index (χ0) is 23.3. The Morgan fingerprint density at radius 2 is 1.88 bits per heavy atom. The van der Waals surface area contributed by atoms with Gasteiger partial charge in [-0.05, 0) is 12.1 Å². The van der Waals surface area contributed by atoms with Crippen molar-refractivity contribution in [3.8, 4) is 22.9 Å². The molecule has 0 bridgehead atoms. The molecule has 0 aliphatic heterocycles. The Bertz CT molecular complexity index is 1220. The summed E-state index contributed by atoms with van der Waals surface area (Å²) < 4.78 is 55.6. The molecule has 2 heterocycles. The van der Waals surface area contributed by atoms with Crippen molar-refractivity contribution >= 4 is 11.5 Å². The number of hydrogen-bond acceptors (Lipinski definition) is 7. The number of alkyl halides is 3. The molecule has 1 aromatic carbocycles. The summed E-state index contributed by atoms with van der Waals surface area (Å²) in [4.78, 5) is 34.2. The molecule has 0 atom stereocenters. The number of pyridine rings is 1. The van der Waals surface area contributed by atoms with Gasteiger partial charge in [0.25, 0.3) is 5.56 Å². The summed E-state index contributed by atoms with van der Waals surface area (Å²) in [5.74, 6) is -0.707. The van der Waals surface area contributed by atoms with E-state index in [-0.39, 0.29) is 28.5 Å². The topological polar surface area (TPSA) is 103 Å². The average Bonchev–Trinajstić information content (AvgIpc) is 2.77. The van der Waals surface area contributed by atoms with Crippen LogP contribution in [0.25, 0.3) is 16.8 Å². The molecule has 0 aliphatic carbocycles. The van der Waals surface area contributed by atoms with E-state index >= 15 is 0 Å². The van der Waals surface area contributed by atoms with Crippen molar-refractivity contribution in [1.29, 1.82) is 0 Å². The first kappa shape index (κ1) is 22.5. The van der Waals surface area contributed by atoms with E-state index in [9.17, 15) is 22.8 Å². The fraction of sp³-hybridized carbons (Fsp3) is 0.143. The number of ether oxygens (including phenoxy) is 3. The fourth-order valence-electron chi connectivity index (χ4n) is 2.84. The second-order valence-electron chi connectivity index (χ2n) is 6.19. The highest BCUT2D eigenvalue weighted by Gasteiger charge is 2.35. The maximum Gasteiger partial charge on any atom is 0.417 e. The normalized spacial score (nSPS) is 11.7. The third-order valence-electron chi connectivity index (χ3n) is 4.20. The molecule has 3 rings (SSSR count). The first-order valence-electron chi connectivity index (χ1n) is 8.96. The molecule has 0 saturated heterocycles. The van der Waals surface area contributed by atoms with E-state index in [0.29, 0.717) is 0 Å². The summed E-state index contributed by atoms with van der Waals surface area (Å²) in [6, 6.07) is 8.16. The predicted octanol–water partition coefficient (Wildman–Crippen LogP) is 3.80. The molecule has 0 spiro atoms. The van der Waals surface area contributed by atoms with Crippen molar-refractivity contribution in [3.05, 3.63) is 76.7 Å². The molecular weight excluding hydrogens is 431 g/mol. The minimum atomic E-state index is -4.78. The predicted molar refractivity (Wildman–Crippen MR) is 107 cm³/mol. The van der Waals surface area contributed by atoms with Crippen LogP contribution in [0.2, 0.25) is 0 Å². The van der Waals surface area contributed by atoms with Gasteiger partial charge in [0.15, 0.2) is 0 Å². The number of nitrogens with one attached hydrogen (secondary N) is 1. The molecule has 0 saturated carbocycles. The monoisotopic (exact) mass is 447 g/mol. The Morgan fingerprint density at radius 3 is 2.56 bits per heavy atom. The number of halogens is 3. The summed E-state index contributed by atoms with van der Waals surface area (Å²) in [6.45, 7) is 0. The van der Waals surface area contributed by atoms with E-state index in [0.717, 1.165) is 24.7 Å². The highest BCUT2D eigenvalue weighted by atomic mass is 19.4. The molecule has 2 aromatic heterocycles. The van der Waals surface area contributed by atoms with E-state index < -0.39 is 28.8 Å². The van der Waals surface area contributed by atoms with Gasteiger partial charge in [0, 0.05) is 17.8 Å². The number of H-pyrrole nitrogens is 1. The third kappa shape index (κ3) is 4.77. The molecule has 32 heavy (non-hydrogen) atoms. The zero-order valence-electron chi connectivity index (χ0n) is 16.8. The second kappa shape index (κ2) is 9.33. The van der Waals surface area contributed by atoms with Crippen molar-refractivity contribution in [2.24, 2.45) is 0 Å². The molecule has 0 fully saturated rings. The van der Waals surface area contributed by atoms with E-state index in [1.165, 1.54) is 26.5 Å². The number of esters is 1. The Balaban J connectivity index is 2.06. The summed E-state index contributed by atoms with van der Waals surface area (Å²) in [5, 5.41) is 0. The van der Waals surface area contributed by atoms with Gasteiger partial charge in [-0.25, -0.2) is 14.8 Å². The van der Waals surface area contributed by atoms with Crippen LogP contribution in [0.3, 0.4) is 0 Å². The quantitative estimate of drug-likeness (QED) is 0.348. The smallest absolute Gasteiger partial charge is 0.417 e. The number of para-hydroxylation sites is 1. The van der Waals surface area contributed by atoms with E-state index in [2.05, 4.69) is 15.0 Å². The maximum atomic E-state index is 13.4. The van der Waals surface area contributed by atoms with Gasteiger partial charge in [-0.15, -0.1) is 0 Å². The van der Waals surface area contributed by atoms with Gasteiger partial charge in [0.05, 0.1) is 37.3 Å². The van der Waals surface area contributed by atoms with Gasteiger partial charge >= 0.3 is 12.1 Å². The number of benzene rings is 1. The van der Waals surface area contributed by atoms with E-state index in [4.69, 9.17) is 14.2 Å². The van der Waals surface area contributed by atoms with Crippen LogP contribution in [0.15, 0.2) is 60.0 Å². The lowest BCUT2D eigenvalue weighted by atomic mass is 10.1. The van der Waals surface area contributed by atoms with E-state index in [1.54, 1.807) is 18.2 Å². The second-order valence-corrected chi connectivity index (χ2v) is 6.19. The van der Waals surface area contributed by atoms with Crippen LogP contribution >= 0.6 is 0 Å². The lowest BCUT2D eigenvalue weighted by Gasteiger charge is -2.13. The zero-order valence-corrected chi connectivity index (χ0v) is 16.8. The standard InChI is InChI=1S/C21H16F3N3O5/c1-30-10-13(20(29)31-2)12-5-3-4-6-16(12)32-17-9-15(26-11-27-17)18-14(21(22,23)24)7-8-25-19(18)28/h3-11H,1-2H3,(H,25,28)/b13-10+. The van der Waals surface area contributed by atoms with Gasteiger partial charge in [-0.2, -0.15) is 13.2 Å². The number of rotatable bonds is 6. The Morgan fingerprint density at radius 1 is 1.12 bits per heavy atom. The molecule has 0 radical (unpaired) electrons.